The summed E-state index contributed by atoms with van der Waals surface area (Å²) in [6.07, 6.45) is -2.80. The van der Waals surface area contributed by atoms with E-state index in [9.17, 15) is 22.8 Å². The minimum Gasteiger partial charge on any atom is -0.342 e. The highest BCUT2D eigenvalue weighted by molar-refractivity contribution is 6.30. The highest BCUT2D eigenvalue weighted by Gasteiger charge is 2.42. The molecule has 1 aromatic rings. The Balaban J connectivity index is 1.87. The zero-order valence-electron chi connectivity index (χ0n) is 12.3. The van der Waals surface area contributed by atoms with Crippen molar-refractivity contribution in [1.82, 2.24) is 9.88 Å². The summed E-state index contributed by atoms with van der Waals surface area (Å²) in [5, 5.41) is 0.393. The molecule has 1 saturated heterocycles. The fraction of sp³-hybridized carbons (Fsp3) is 0.533. The van der Waals surface area contributed by atoms with Crippen molar-refractivity contribution in [3.05, 3.63) is 29.0 Å². The van der Waals surface area contributed by atoms with Crippen LogP contribution in [0.3, 0.4) is 0 Å². The molecule has 8 heteroatoms. The van der Waals surface area contributed by atoms with Crippen LogP contribution in [0.15, 0.2) is 18.3 Å². The molecule has 0 aliphatic carbocycles. The van der Waals surface area contributed by atoms with Crippen LogP contribution in [0.2, 0.25) is 5.02 Å². The molecule has 0 N–H and O–H groups in total. The van der Waals surface area contributed by atoms with Crippen molar-refractivity contribution in [3.63, 3.8) is 0 Å². The van der Waals surface area contributed by atoms with Gasteiger partial charge in [0, 0.05) is 32.1 Å². The average Bonchev–Trinajstić information content (AvgIpc) is 2.52. The number of rotatable bonds is 4. The molecule has 1 aliphatic rings. The molecular weight excluding hydrogens is 333 g/mol. The highest BCUT2D eigenvalue weighted by Crippen LogP contribution is 2.33. The minimum atomic E-state index is -4.29. The number of carbonyl (C=O) groups is 2. The summed E-state index contributed by atoms with van der Waals surface area (Å²) in [5.41, 5.74) is 0.189. The van der Waals surface area contributed by atoms with Crippen LogP contribution in [-0.4, -0.2) is 40.8 Å². The summed E-state index contributed by atoms with van der Waals surface area (Å²) in [6, 6.07) is 2.97. The molecular formula is C15H16ClF3N2O2. The van der Waals surface area contributed by atoms with Crippen LogP contribution >= 0.6 is 11.6 Å². The quantitative estimate of drug-likeness (QED) is 0.782. The van der Waals surface area contributed by atoms with Crippen LogP contribution in [0, 0.1) is 5.92 Å². The van der Waals surface area contributed by atoms with Gasteiger partial charge in [0.2, 0.25) is 5.91 Å². The van der Waals surface area contributed by atoms with E-state index in [0.717, 1.165) is 0 Å². The van der Waals surface area contributed by atoms with Crippen molar-refractivity contribution in [2.75, 3.05) is 13.1 Å². The molecule has 0 unspecified atom stereocenters. The first-order chi connectivity index (χ1) is 10.8. The Morgan fingerprint density at radius 3 is 2.65 bits per heavy atom. The first kappa shape index (κ1) is 17.7. The van der Waals surface area contributed by atoms with Gasteiger partial charge >= 0.3 is 6.18 Å². The molecule has 1 atom stereocenters. The Bertz CT molecular complexity index is 575. The van der Waals surface area contributed by atoms with E-state index in [1.54, 1.807) is 0 Å². The molecule has 0 bridgehead atoms. The summed E-state index contributed by atoms with van der Waals surface area (Å²) in [7, 11) is 0. The van der Waals surface area contributed by atoms with Crippen molar-refractivity contribution in [3.8, 4) is 0 Å². The maximum atomic E-state index is 12.7. The highest BCUT2D eigenvalue weighted by atomic mass is 35.5. The van der Waals surface area contributed by atoms with Crippen LogP contribution in [0.1, 0.15) is 36.2 Å². The topological polar surface area (TPSA) is 50.3 Å². The van der Waals surface area contributed by atoms with Crippen molar-refractivity contribution in [2.45, 2.75) is 31.9 Å². The average molecular weight is 349 g/mol. The smallest absolute Gasteiger partial charge is 0.342 e. The van der Waals surface area contributed by atoms with Crippen molar-refractivity contribution in [2.24, 2.45) is 5.92 Å². The Kier molecular flexibility index (Phi) is 5.62. The number of piperidine rings is 1. The normalized spacial score (nSPS) is 18.8. The van der Waals surface area contributed by atoms with Gasteiger partial charge in [0.15, 0.2) is 5.78 Å². The van der Waals surface area contributed by atoms with Gasteiger partial charge in [-0.1, -0.05) is 11.6 Å². The van der Waals surface area contributed by atoms with Crippen LogP contribution < -0.4 is 0 Å². The Labute approximate surface area is 136 Å². The standard InChI is InChI=1S/C15H16ClF3N2O2/c16-11-3-4-12(20-8-11)13(22)5-6-14(23)21-7-1-2-10(9-21)15(17,18)19/h3-4,8,10H,1-2,5-7,9H2/t10-/m1/s1. The zero-order chi connectivity index (χ0) is 17.0. The van der Waals surface area contributed by atoms with E-state index in [-0.39, 0.29) is 37.3 Å². The Morgan fingerprint density at radius 1 is 1.30 bits per heavy atom. The van der Waals surface area contributed by atoms with E-state index in [4.69, 9.17) is 11.6 Å². The number of halogens is 4. The second-order valence-corrected chi connectivity index (χ2v) is 5.94. The van der Waals surface area contributed by atoms with Crippen LogP contribution in [0.5, 0.6) is 0 Å². The summed E-state index contributed by atoms with van der Waals surface area (Å²) in [5.74, 6) is -2.24. The van der Waals surface area contributed by atoms with E-state index in [1.807, 2.05) is 0 Å². The molecule has 2 rings (SSSR count). The molecule has 0 spiro atoms. The number of ketones is 1. The van der Waals surface area contributed by atoms with Gasteiger partial charge < -0.3 is 4.90 Å². The fourth-order valence-electron chi connectivity index (χ4n) is 2.52. The Morgan fingerprint density at radius 2 is 2.04 bits per heavy atom. The molecule has 0 radical (unpaired) electrons. The van der Waals surface area contributed by atoms with Crippen molar-refractivity contribution >= 4 is 23.3 Å². The van der Waals surface area contributed by atoms with Crippen molar-refractivity contribution in [1.29, 1.82) is 0 Å². The van der Waals surface area contributed by atoms with Crippen LogP contribution in [-0.2, 0) is 4.79 Å². The van der Waals surface area contributed by atoms with Gasteiger partial charge in [0.05, 0.1) is 10.9 Å². The maximum Gasteiger partial charge on any atom is 0.393 e. The lowest BCUT2D eigenvalue weighted by Crippen LogP contribution is -2.44. The first-order valence-electron chi connectivity index (χ1n) is 7.26. The van der Waals surface area contributed by atoms with E-state index in [0.29, 0.717) is 18.0 Å². The molecule has 23 heavy (non-hydrogen) atoms. The minimum absolute atomic E-state index is 0.0426. The molecule has 1 aromatic heterocycles. The van der Waals surface area contributed by atoms with Gasteiger partial charge in [-0.05, 0) is 25.0 Å². The lowest BCUT2D eigenvalue weighted by Gasteiger charge is -2.33. The molecule has 1 amide bonds. The van der Waals surface area contributed by atoms with Gasteiger partial charge in [0.1, 0.15) is 5.69 Å². The number of Topliss-reactive ketones (excluding diaryl/α,β-unsaturated/α-hetero) is 1. The van der Waals surface area contributed by atoms with Crippen LogP contribution in [0.4, 0.5) is 13.2 Å². The van der Waals surface area contributed by atoms with Gasteiger partial charge in [-0.2, -0.15) is 13.2 Å². The molecule has 0 saturated carbocycles. The third kappa shape index (κ3) is 4.92. The van der Waals surface area contributed by atoms with Gasteiger partial charge in [-0.15, -0.1) is 0 Å². The second-order valence-electron chi connectivity index (χ2n) is 5.51. The lowest BCUT2D eigenvalue weighted by molar-refractivity contribution is -0.188. The molecule has 1 fully saturated rings. The molecule has 4 nitrogen and oxygen atoms in total. The Hall–Kier alpha value is -1.63. The number of pyridine rings is 1. The monoisotopic (exact) mass is 348 g/mol. The summed E-state index contributed by atoms with van der Waals surface area (Å²) in [4.78, 5) is 29.0. The molecule has 126 valence electrons. The number of nitrogens with zero attached hydrogens (tertiary/aromatic N) is 2. The molecule has 0 aromatic carbocycles. The zero-order valence-corrected chi connectivity index (χ0v) is 13.0. The number of likely N-dealkylation sites (tertiary alicyclic amines) is 1. The number of hydrogen-bond donors (Lipinski definition) is 0. The fourth-order valence-corrected chi connectivity index (χ4v) is 2.63. The van der Waals surface area contributed by atoms with E-state index in [2.05, 4.69) is 4.98 Å². The number of carbonyl (C=O) groups excluding carboxylic acids is 2. The summed E-state index contributed by atoms with van der Waals surface area (Å²) >= 11 is 5.67. The SMILES string of the molecule is O=C(CCC(=O)N1CCC[C@@H](C(F)(F)F)C1)c1ccc(Cl)cn1. The van der Waals surface area contributed by atoms with Crippen LogP contribution in [0.25, 0.3) is 0 Å². The maximum absolute atomic E-state index is 12.7. The summed E-state index contributed by atoms with van der Waals surface area (Å²) < 4.78 is 38.2. The predicted octanol–water partition coefficient (Wildman–Crippen LogP) is 3.50. The third-order valence-corrected chi connectivity index (χ3v) is 4.04. The second kappa shape index (κ2) is 7.29. The predicted molar refractivity (Wildman–Crippen MR) is 78.2 cm³/mol. The van der Waals surface area contributed by atoms with E-state index >= 15 is 0 Å². The number of alkyl halides is 3. The molecule has 2 heterocycles. The number of aromatic nitrogens is 1. The first-order valence-corrected chi connectivity index (χ1v) is 7.64. The summed E-state index contributed by atoms with van der Waals surface area (Å²) in [6.45, 7) is -0.0193. The van der Waals surface area contributed by atoms with E-state index in [1.165, 1.54) is 23.2 Å². The van der Waals surface area contributed by atoms with E-state index < -0.39 is 18.0 Å². The molecule has 1 aliphatic heterocycles. The lowest BCUT2D eigenvalue weighted by atomic mass is 9.97. The van der Waals surface area contributed by atoms with Gasteiger partial charge in [-0.3, -0.25) is 14.6 Å². The van der Waals surface area contributed by atoms with Gasteiger partial charge in [-0.25, -0.2) is 0 Å². The number of amides is 1. The van der Waals surface area contributed by atoms with Gasteiger partial charge in [0.25, 0.3) is 0 Å². The third-order valence-electron chi connectivity index (χ3n) is 3.82. The largest absolute Gasteiger partial charge is 0.393 e. The number of hydrogen-bond acceptors (Lipinski definition) is 3. The van der Waals surface area contributed by atoms with Crippen molar-refractivity contribution < 1.29 is 22.8 Å².